The summed E-state index contributed by atoms with van der Waals surface area (Å²) in [5.74, 6) is -0.916. The molecular weight excluding hydrogens is 302 g/mol. The number of hydrogen-bond acceptors (Lipinski definition) is 3. The molecule has 0 aliphatic carbocycles. The molecule has 0 radical (unpaired) electrons. The largest absolute Gasteiger partial charge is 0.478 e. The van der Waals surface area contributed by atoms with Crippen LogP contribution in [0.3, 0.4) is 0 Å². The Bertz CT molecular complexity index is 866. The van der Waals surface area contributed by atoms with Crippen molar-refractivity contribution >= 4 is 16.9 Å². The van der Waals surface area contributed by atoms with Gasteiger partial charge in [-0.2, -0.15) is 0 Å². The molecule has 5 heteroatoms. The molecule has 4 N–H and O–H groups in total. The quantitative estimate of drug-likeness (QED) is 0.605. The topological polar surface area (TPSA) is 92.0 Å². The third kappa shape index (κ3) is 3.16. The maximum Gasteiger partial charge on any atom is 0.335 e. The highest BCUT2D eigenvalue weighted by molar-refractivity contribution is 5.97. The van der Waals surface area contributed by atoms with E-state index in [-0.39, 0.29) is 0 Å². The monoisotopic (exact) mass is 323 g/mol. The molecule has 0 saturated heterocycles. The van der Waals surface area contributed by atoms with Gasteiger partial charge in [0.15, 0.2) is 0 Å². The van der Waals surface area contributed by atoms with E-state index in [2.05, 4.69) is 9.97 Å². The third-order valence-electron chi connectivity index (χ3n) is 4.20. The summed E-state index contributed by atoms with van der Waals surface area (Å²) in [5.41, 5.74) is 10.9. The van der Waals surface area contributed by atoms with Crippen molar-refractivity contribution in [1.82, 2.24) is 9.97 Å². The SMILES string of the molecule is Cc1ccc(-c2[nH]c3ccc(C(=O)O)cc3c2CCCCN)nc1. The van der Waals surface area contributed by atoms with E-state index in [0.29, 0.717) is 12.1 Å². The zero-order valence-electron chi connectivity index (χ0n) is 13.7. The van der Waals surface area contributed by atoms with Crippen LogP contribution in [0.25, 0.3) is 22.3 Å². The van der Waals surface area contributed by atoms with Crippen molar-refractivity contribution in [1.29, 1.82) is 0 Å². The number of carboxylic acids is 1. The van der Waals surface area contributed by atoms with Crippen LogP contribution in [0.15, 0.2) is 36.5 Å². The third-order valence-corrected chi connectivity index (χ3v) is 4.20. The molecular formula is C19H21N3O2. The number of H-pyrrole nitrogens is 1. The average Bonchev–Trinajstić information content (AvgIpc) is 2.94. The number of aryl methyl sites for hydroxylation is 2. The number of carbonyl (C=O) groups is 1. The standard InChI is InChI=1S/C19H21N3O2/c1-12-5-7-17(21-11-12)18-14(4-2-3-9-20)15-10-13(19(23)24)6-8-16(15)22-18/h5-8,10-11,22H,2-4,9,20H2,1H3,(H,23,24). The van der Waals surface area contributed by atoms with E-state index in [4.69, 9.17) is 5.73 Å². The van der Waals surface area contributed by atoms with Crippen molar-refractivity contribution in [3.8, 4) is 11.4 Å². The lowest BCUT2D eigenvalue weighted by Crippen LogP contribution is -2.00. The van der Waals surface area contributed by atoms with Crippen LogP contribution in [0.4, 0.5) is 0 Å². The first kappa shape index (κ1) is 16.2. The molecule has 0 amide bonds. The van der Waals surface area contributed by atoms with Gasteiger partial charge in [0.05, 0.1) is 17.0 Å². The van der Waals surface area contributed by atoms with Gasteiger partial charge in [-0.1, -0.05) is 6.07 Å². The van der Waals surface area contributed by atoms with Crippen LogP contribution in [-0.2, 0) is 6.42 Å². The Hall–Kier alpha value is -2.66. The normalized spacial score (nSPS) is 11.1. The molecule has 0 bridgehead atoms. The fourth-order valence-electron chi connectivity index (χ4n) is 2.92. The van der Waals surface area contributed by atoms with Gasteiger partial charge in [0.25, 0.3) is 0 Å². The predicted molar refractivity (Wildman–Crippen MR) is 95.2 cm³/mol. The van der Waals surface area contributed by atoms with Crippen LogP contribution in [0, 0.1) is 6.92 Å². The summed E-state index contributed by atoms with van der Waals surface area (Å²) in [6, 6.07) is 9.20. The molecule has 0 unspecified atom stereocenters. The number of pyridine rings is 1. The zero-order valence-corrected chi connectivity index (χ0v) is 13.7. The van der Waals surface area contributed by atoms with Gasteiger partial charge in [-0.15, -0.1) is 0 Å². The lowest BCUT2D eigenvalue weighted by molar-refractivity contribution is 0.0697. The molecule has 0 aliphatic rings. The Labute approximate surface area is 140 Å². The van der Waals surface area contributed by atoms with Crippen molar-refractivity contribution in [3.05, 3.63) is 53.2 Å². The maximum atomic E-state index is 11.3. The minimum Gasteiger partial charge on any atom is -0.478 e. The second-order valence-corrected chi connectivity index (χ2v) is 6.01. The molecule has 24 heavy (non-hydrogen) atoms. The van der Waals surface area contributed by atoms with Crippen LogP contribution >= 0.6 is 0 Å². The van der Waals surface area contributed by atoms with E-state index in [1.54, 1.807) is 12.1 Å². The Kier molecular flexibility index (Phi) is 4.62. The summed E-state index contributed by atoms with van der Waals surface area (Å²) < 4.78 is 0. The highest BCUT2D eigenvalue weighted by Gasteiger charge is 2.15. The maximum absolute atomic E-state index is 11.3. The molecule has 124 valence electrons. The molecule has 0 fully saturated rings. The summed E-state index contributed by atoms with van der Waals surface area (Å²) in [6.07, 6.45) is 4.57. The fourth-order valence-corrected chi connectivity index (χ4v) is 2.92. The number of benzene rings is 1. The van der Waals surface area contributed by atoms with Gasteiger partial charge in [0.1, 0.15) is 0 Å². The van der Waals surface area contributed by atoms with Crippen molar-refractivity contribution in [2.45, 2.75) is 26.2 Å². The van der Waals surface area contributed by atoms with Gasteiger partial charge in [-0.25, -0.2) is 4.79 Å². The van der Waals surface area contributed by atoms with E-state index in [9.17, 15) is 9.90 Å². The minimum atomic E-state index is -0.916. The number of aromatic nitrogens is 2. The van der Waals surface area contributed by atoms with Crippen LogP contribution in [0.1, 0.15) is 34.3 Å². The second-order valence-electron chi connectivity index (χ2n) is 6.01. The van der Waals surface area contributed by atoms with Gasteiger partial charge in [-0.3, -0.25) is 4.98 Å². The number of nitrogens with one attached hydrogen (secondary N) is 1. The van der Waals surface area contributed by atoms with Crippen molar-refractivity contribution in [3.63, 3.8) is 0 Å². The van der Waals surface area contributed by atoms with E-state index in [1.165, 1.54) is 0 Å². The summed E-state index contributed by atoms with van der Waals surface area (Å²) in [6.45, 7) is 2.66. The first-order valence-electron chi connectivity index (χ1n) is 8.11. The molecule has 0 saturated carbocycles. The Morgan fingerprint density at radius 1 is 1.25 bits per heavy atom. The van der Waals surface area contributed by atoms with Crippen molar-refractivity contribution in [2.75, 3.05) is 6.54 Å². The highest BCUT2D eigenvalue weighted by atomic mass is 16.4. The molecule has 2 heterocycles. The zero-order chi connectivity index (χ0) is 17.1. The number of unbranched alkanes of at least 4 members (excludes halogenated alkanes) is 1. The van der Waals surface area contributed by atoms with E-state index in [1.807, 2.05) is 31.3 Å². The number of aromatic amines is 1. The lowest BCUT2D eigenvalue weighted by Gasteiger charge is -2.05. The molecule has 1 aromatic carbocycles. The molecule has 2 aromatic heterocycles. The van der Waals surface area contributed by atoms with Crippen LogP contribution in [0.2, 0.25) is 0 Å². The number of fused-ring (bicyclic) bond motifs is 1. The van der Waals surface area contributed by atoms with E-state index >= 15 is 0 Å². The Balaban J connectivity index is 2.13. The number of hydrogen-bond donors (Lipinski definition) is 3. The summed E-state index contributed by atoms with van der Waals surface area (Å²) in [4.78, 5) is 19.2. The molecule has 0 spiro atoms. The van der Waals surface area contributed by atoms with Crippen molar-refractivity contribution in [2.24, 2.45) is 5.73 Å². The predicted octanol–water partition coefficient (Wildman–Crippen LogP) is 3.52. The Morgan fingerprint density at radius 3 is 2.75 bits per heavy atom. The smallest absolute Gasteiger partial charge is 0.335 e. The summed E-state index contributed by atoms with van der Waals surface area (Å²) >= 11 is 0. The Morgan fingerprint density at radius 2 is 2.08 bits per heavy atom. The first-order chi connectivity index (χ1) is 11.6. The van der Waals surface area contributed by atoms with Gasteiger partial charge in [0.2, 0.25) is 0 Å². The van der Waals surface area contributed by atoms with Gasteiger partial charge in [-0.05, 0) is 68.1 Å². The molecule has 0 aliphatic heterocycles. The van der Waals surface area contributed by atoms with Crippen LogP contribution in [-0.4, -0.2) is 27.6 Å². The van der Waals surface area contributed by atoms with Crippen molar-refractivity contribution < 1.29 is 9.90 Å². The number of aromatic carboxylic acids is 1. The average molecular weight is 323 g/mol. The lowest BCUT2D eigenvalue weighted by atomic mass is 10.0. The second kappa shape index (κ2) is 6.84. The number of carboxylic acid groups (broad SMARTS) is 1. The highest BCUT2D eigenvalue weighted by Crippen LogP contribution is 2.31. The summed E-state index contributed by atoms with van der Waals surface area (Å²) in [7, 11) is 0. The van der Waals surface area contributed by atoms with Gasteiger partial charge in [0, 0.05) is 17.1 Å². The van der Waals surface area contributed by atoms with E-state index in [0.717, 1.165) is 52.7 Å². The minimum absolute atomic E-state index is 0.296. The fraction of sp³-hybridized carbons (Fsp3) is 0.263. The molecule has 3 rings (SSSR count). The number of nitrogens with two attached hydrogens (primary N) is 1. The van der Waals surface area contributed by atoms with Crippen LogP contribution in [0.5, 0.6) is 0 Å². The first-order valence-corrected chi connectivity index (χ1v) is 8.11. The number of rotatable bonds is 6. The number of nitrogens with zero attached hydrogens (tertiary/aromatic N) is 1. The van der Waals surface area contributed by atoms with Gasteiger partial charge < -0.3 is 15.8 Å². The summed E-state index contributed by atoms with van der Waals surface area (Å²) in [5, 5.41) is 10.2. The molecule has 3 aromatic rings. The molecule has 0 atom stereocenters. The van der Waals surface area contributed by atoms with Gasteiger partial charge >= 0.3 is 5.97 Å². The molecule has 5 nitrogen and oxygen atoms in total. The van der Waals surface area contributed by atoms with E-state index < -0.39 is 5.97 Å². The van der Waals surface area contributed by atoms with Crippen LogP contribution < -0.4 is 5.73 Å².